The smallest absolute Gasteiger partial charge is 0.326 e. The van der Waals surface area contributed by atoms with Crippen molar-refractivity contribution in [3.8, 4) is 0 Å². The Morgan fingerprint density at radius 1 is 0.919 bits per heavy atom. The van der Waals surface area contributed by atoms with E-state index in [1.807, 2.05) is 6.07 Å². The molecule has 0 saturated heterocycles. The number of hydrogen-bond acceptors (Lipinski definition) is 7. The molecule has 0 aromatic heterocycles. The van der Waals surface area contributed by atoms with Gasteiger partial charge in [0.2, 0.25) is 17.7 Å². The molecule has 0 fully saturated rings. The van der Waals surface area contributed by atoms with E-state index >= 15 is 0 Å². The van der Waals surface area contributed by atoms with Gasteiger partial charge in [-0.05, 0) is 37.7 Å². The number of aliphatic imine (C=N–C) groups is 1. The molecule has 0 saturated carbocycles. The Morgan fingerprint density at radius 3 is 2.03 bits per heavy atom. The zero-order chi connectivity index (χ0) is 28.1. The minimum Gasteiger partial charge on any atom is -0.480 e. The van der Waals surface area contributed by atoms with Crippen LogP contribution >= 0.6 is 0 Å². The zero-order valence-corrected chi connectivity index (χ0v) is 21.4. The number of carbonyl (C=O) groups is 4. The van der Waals surface area contributed by atoms with E-state index in [2.05, 4.69) is 20.9 Å². The molecule has 206 valence electrons. The second-order valence-corrected chi connectivity index (χ2v) is 9.10. The molecule has 37 heavy (non-hydrogen) atoms. The molecule has 1 aromatic carbocycles. The maximum atomic E-state index is 13.0. The first-order valence-electron chi connectivity index (χ1n) is 12.0. The van der Waals surface area contributed by atoms with Crippen LogP contribution in [0.2, 0.25) is 0 Å². The summed E-state index contributed by atoms with van der Waals surface area (Å²) in [6.07, 6.45) is -0.765. The van der Waals surface area contributed by atoms with Gasteiger partial charge in [0, 0.05) is 6.54 Å². The highest BCUT2D eigenvalue weighted by Crippen LogP contribution is 2.07. The topological polar surface area (TPSA) is 235 Å². The molecule has 1 aromatic rings. The van der Waals surface area contributed by atoms with Gasteiger partial charge in [0.1, 0.15) is 18.1 Å². The summed E-state index contributed by atoms with van der Waals surface area (Å²) in [5.74, 6) is -4.03. The molecule has 0 radical (unpaired) electrons. The van der Waals surface area contributed by atoms with Crippen LogP contribution in [-0.4, -0.2) is 76.7 Å². The predicted octanol–water partition coefficient (Wildman–Crippen LogP) is -1.81. The summed E-state index contributed by atoms with van der Waals surface area (Å²) in [6, 6.07) is 4.27. The molecule has 0 aliphatic rings. The van der Waals surface area contributed by atoms with Gasteiger partial charge in [0.15, 0.2) is 5.96 Å². The van der Waals surface area contributed by atoms with Crippen LogP contribution in [0.25, 0.3) is 0 Å². The molecular formula is C24H39N7O6. The number of aliphatic hydroxyl groups is 1. The fraction of sp³-hybridized carbons (Fsp3) is 0.542. The molecule has 3 amide bonds. The summed E-state index contributed by atoms with van der Waals surface area (Å²) in [4.78, 5) is 53.9. The van der Waals surface area contributed by atoms with Crippen molar-refractivity contribution < 1.29 is 29.4 Å². The van der Waals surface area contributed by atoms with Gasteiger partial charge in [-0.1, -0.05) is 44.2 Å². The normalized spacial score (nSPS) is 15.0. The van der Waals surface area contributed by atoms with E-state index in [-0.39, 0.29) is 31.8 Å². The number of aliphatic carboxylic acids is 1. The largest absolute Gasteiger partial charge is 0.480 e. The summed E-state index contributed by atoms with van der Waals surface area (Å²) >= 11 is 0. The number of rotatable bonds is 15. The Morgan fingerprint density at radius 2 is 1.51 bits per heavy atom. The number of amides is 3. The number of guanidine groups is 1. The minimum absolute atomic E-state index is 0.0623. The monoisotopic (exact) mass is 521 g/mol. The summed E-state index contributed by atoms with van der Waals surface area (Å²) < 4.78 is 0. The number of nitrogens with two attached hydrogens (primary N) is 3. The van der Waals surface area contributed by atoms with Gasteiger partial charge >= 0.3 is 5.97 Å². The van der Waals surface area contributed by atoms with Crippen LogP contribution in [0.3, 0.4) is 0 Å². The first-order chi connectivity index (χ1) is 17.3. The van der Waals surface area contributed by atoms with E-state index in [0.717, 1.165) is 5.56 Å². The second kappa shape index (κ2) is 15.4. The van der Waals surface area contributed by atoms with Crippen molar-refractivity contribution in [1.82, 2.24) is 16.0 Å². The summed E-state index contributed by atoms with van der Waals surface area (Å²) in [5, 5.41) is 26.9. The zero-order valence-electron chi connectivity index (χ0n) is 21.4. The van der Waals surface area contributed by atoms with Crippen LogP contribution < -0.4 is 33.2 Å². The molecule has 0 aliphatic carbocycles. The average molecular weight is 522 g/mol. The summed E-state index contributed by atoms with van der Waals surface area (Å²) in [5.41, 5.74) is 17.4. The minimum atomic E-state index is -1.41. The lowest BCUT2D eigenvalue weighted by atomic mass is 10.0. The van der Waals surface area contributed by atoms with E-state index < -0.39 is 59.9 Å². The van der Waals surface area contributed by atoms with Crippen LogP contribution in [0, 0.1) is 5.92 Å². The number of benzene rings is 1. The van der Waals surface area contributed by atoms with Gasteiger partial charge < -0.3 is 43.4 Å². The molecule has 0 aliphatic heterocycles. The Hall–Kier alpha value is -3.71. The number of nitrogens with one attached hydrogen (secondary N) is 3. The second-order valence-electron chi connectivity index (χ2n) is 9.10. The fourth-order valence-electron chi connectivity index (χ4n) is 3.43. The molecule has 13 nitrogen and oxygen atoms in total. The first-order valence-corrected chi connectivity index (χ1v) is 12.0. The van der Waals surface area contributed by atoms with Gasteiger partial charge in [-0.2, -0.15) is 0 Å². The molecular weight excluding hydrogens is 482 g/mol. The first kappa shape index (κ1) is 31.3. The molecule has 0 spiro atoms. The van der Waals surface area contributed by atoms with Crippen molar-refractivity contribution in [2.24, 2.45) is 28.1 Å². The molecule has 0 bridgehead atoms. The van der Waals surface area contributed by atoms with Gasteiger partial charge in [-0.3, -0.25) is 19.4 Å². The maximum absolute atomic E-state index is 13.0. The molecule has 1 rings (SSSR count). The number of hydrogen-bond donors (Lipinski definition) is 8. The number of carboxylic acid groups (broad SMARTS) is 1. The SMILES string of the molecule is CC(C)C(NC(=O)C(CCCN=C(N)N)NC(=O)C(NC(=O)C(N)Cc1ccccc1)C(C)O)C(=O)O. The van der Waals surface area contributed by atoms with E-state index in [9.17, 15) is 29.4 Å². The lowest BCUT2D eigenvalue weighted by molar-refractivity contribution is -0.143. The highest BCUT2D eigenvalue weighted by atomic mass is 16.4. The van der Waals surface area contributed by atoms with E-state index in [0.29, 0.717) is 0 Å². The average Bonchev–Trinajstić information content (AvgIpc) is 2.82. The summed E-state index contributed by atoms with van der Waals surface area (Å²) in [7, 11) is 0. The van der Waals surface area contributed by atoms with Gasteiger partial charge in [-0.15, -0.1) is 0 Å². The number of nitrogens with zero attached hydrogens (tertiary/aromatic N) is 1. The van der Waals surface area contributed by atoms with Gasteiger partial charge in [-0.25, -0.2) is 4.79 Å². The Labute approximate surface area is 216 Å². The van der Waals surface area contributed by atoms with Crippen LogP contribution in [-0.2, 0) is 25.6 Å². The molecule has 13 heteroatoms. The Kier molecular flexibility index (Phi) is 13.0. The highest BCUT2D eigenvalue weighted by Gasteiger charge is 2.33. The third-order valence-corrected chi connectivity index (χ3v) is 5.51. The standard InChI is InChI=1S/C24H39N7O6/c1-13(2)18(23(36)37)30-21(34)17(10-7-11-28-24(26)27)29-22(35)19(14(3)32)31-20(33)16(25)12-15-8-5-4-6-9-15/h4-6,8-9,13-14,16-19,32H,7,10-12,25H2,1-3H3,(H,29,35)(H,30,34)(H,31,33)(H,36,37)(H4,26,27,28). The molecule has 0 heterocycles. The van der Waals surface area contributed by atoms with E-state index in [1.54, 1.807) is 38.1 Å². The number of carboxylic acids is 1. The predicted molar refractivity (Wildman–Crippen MR) is 138 cm³/mol. The fourth-order valence-corrected chi connectivity index (χ4v) is 3.43. The van der Waals surface area contributed by atoms with Crippen LogP contribution in [0.1, 0.15) is 39.2 Å². The third kappa shape index (κ3) is 11.3. The van der Waals surface area contributed by atoms with Gasteiger partial charge in [0.05, 0.1) is 12.1 Å². The van der Waals surface area contributed by atoms with Crippen LogP contribution in [0.15, 0.2) is 35.3 Å². The Bertz CT molecular complexity index is 935. The number of aliphatic hydroxyl groups excluding tert-OH is 1. The van der Waals surface area contributed by atoms with Crippen molar-refractivity contribution in [3.05, 3.63) is 35.9 Å². The quantitative estimate of drug-likeness (QED) is 0.0736. The van der Waals surface area contributed by atoms with Crippen LogP contribution in [0.5, 0.6) is 0 Å². The highest BCUT2D eigenvalue weighted by molar-refractivity contribution is 5.94. The van der Waals surface area contributed by atoms with E-state index in [1.165, 1.54) is 6.92 Å². The Balaban J connectivity index is 2.97. The molecule has 5 unspecified atom stereocenters. The van der Waals surface area contributed by atoms with Crippen molar-refractivity contribution >= 4 is 29.7 Å². The lowest BCUT2D eigenvalue weighted by Gasteiger charge is -2.27. The lowest BCUT2D eigenvalue weighted by Crippen LogP contribution is -2.60. The maximum Gasteiger partial charge on any atom is 0.326 e. The van der Waals surface area contributed by atoms with Gasteiger partial charge in [0.25, 0.3) is 0 Å². The molecule has 11 N–H and O–H groups in total. The third-order valence-electron chi connectivity index (χ3n) is 5.51. The molecule has 5 atom stereocenters. The van der Waals surface area contributed by atoms with Crippen LogP contribution in [0.4, 0.5) is 0 Å². The van der Waals surface area contributed by atoms with Crippen molar-refractivity contribution in [2.75, 3.05) is 6.54 Å². The number of carbonyl (C=O) groups excluding carboxylic acids is 3. The van der Waals surface area contributed by atoms with Crippen molar-refractivity contribution in [2.45, 2.75) is 70.3 Å². The summed E-state index contributed by atoms with van der Waals surface area (Å²) in [6.45, 7) is 4.73. The van der Waals surface area contributed by atoms with Crippen molar-refractivity contribution in [3.63, 3.8) is 0 Å². The van der Waals surface area contributed by atoms with E-state index in [4.69, 9.17) is 17.2 Å². The van der Waals surface area contributed by atoms with Crippen molar-refractivity contribution in [1.29, 1.82) is 0 Å².